The van der Waals surface area contributed by atoms with Crippen LogP contribution in [-0.4, -0.2) is 9.55 Å². The van der Waals surface area contributed by atoms with Gasteiger partial charge in [0.05, 0.1) is 15.9 Å². The molecule has 0 saturated heterocycles. The first-order valence-electron chi connectivity index (χ1n) is 4.09. The Hall–Kier alpha value is -1.07. The van der Waals surface area contributed by atoms with Crippen molar-refractivity contribution >= 4 is 38.4 Å². The maximum atomic E-state index is 11.7. The number of aromatic nitrogens is 2. The van der Waals surface area contributed by atoms with E-state index in [1.807, 2.05) is 0 Å². The van der Waals surface area contributed by atoms with Crippen molar-refractivity contribution in [3.05, 3.63) is 42.5 Å². The minimum atomic E-state index is -0.453. The van der Waals surface area contributed by atoms with Crippen LogP contribution in [0.2, 0.25) is 5.02 Å². The summed E-state index contributed by atoms with van der Waals surface area (Å²) in [7, 11) is 1.42. The fourth-order valence-corrected chi connectivity index (χ4v) is 1.81. The number of nitrogens with zero attached hydrogens (tertiary/aromatic N) is 1. The third-order valence-corrected chi connectivity index (χ3v) is 3.34. The zero-order valence-electron chi connectivity index (χ0n) is 7.67. The lowest BCUT2D eigenvalue weighted by Gasteiger charge is -2.02. The van der Waals surface area contributed by atoms with E-state index in [1.54, 1.807) is 12.1 Å². The summed E-state index contributed by atoms with van der Waals surface area (Å²) < 4.78 is 1.64. The highest BCUT2D eigenvalue weighted by Gasteiger charge is 2.07. The van der Waals surface area contributed by atoms with E-state index in [2.05, 4.69) is 20.9 Å². The van der Waals surface area contributed by atoms with Gasteiger partial charge in [-0.1, -0.05) is 11.6 Å². The number of benzene rings is 1. The van der Waals surface area contributed by atoms with E-state index in [1.165, 1.54) is 7.05 Å². The Bertz CT molecular complexity index is 659. The summed E-state index contributed by atoms with van der Waals surface area (Å²) in [6, 6.07) is 3.14. The molecular formula is C9H6BrClN2O2. The van der Waals surface area contributed by atoms with Crippen LogP contribution >= 0.6 is 27.5 Å². The summed E-state index contributed by atoms with van der Waals surface area (Å²) >= 11 is 9.08. The molecule has 0 fully saturated rings. The van der Waals surface area contributed by atoms with Crippen LogP contribution in [0.5, 0.6) is 0 Å². The molecule has 2 rings (SSSR count). The van der Waals surface area contributed by atoms with Crippen LogP contribution < -0.4 is 11.2 Å². The van der Waals surface area contributed by atoms with Crippen LogP contribution in [0.3, 0.4) is 0 Å². The molecule has 0 radical (unpaired) electrons. The van der Waals surface area contributed by atoms with Gasteiger partial charge in [-0.25, -0.2) is 4.79 Å². The molecule has 0 spiro atoms. The van der Waals surface area contributed by atoms with E-state index in [4.69, 9.17) is 11.6 Å². The quantitative estimate of drug-likeness (QED) is 0.801. The monoisotopic (exact) mass is 288 g/mol. The van der Waals surface area contributed by atoms with Crippen LogP contribution in [0, 0.1) is 0 Å². The highest BCUT2D eigenvalue weighted by molar-refractivity contribution is 9.10. The second-order valence-corrected chi connectivity index (χ2v) is 4.37. The van der Waals surface area contributed by atoms with E-state index in [9.17, 15) is 9.59 Å². The molecule has 0 bridgehead atoms. The SMILES string of the molecule is Cn1c(=O)[nH]c2cc(Cl)c(Br)cc2c1=O. The molecular weight excluding hydrogens is 283 g/mol. The maximum Gasteiger partial charge on any atom is 0.328 e. The zero-order valence-corrected chi connectivity index (χ0v) is 10.0. The highest BCUT2D eigenvalue weighted by Crippen LogP contribution is 2.25. The van der Waals surface area contributed by atoms with Gasteiger partial charge >= 0.3 is 5.69 Å². The molecule has 0 atom stereocenters. The van der Waals surface area contributed by atoms with Gasteiger partial charge in [0.2, 0.25) is 0 Å². The zero-order chi connectivity index (χ0) is 11.2. The number of nitrogens with one attached hydrogen (secondary N) is 1. The smallest absolute Gasteiger partial charge is 0.307 e. The second kappa shape index (κ2) is 3.50. The second-order valence-electron chi connectivity index (χ2n) is 3.11. The Balaban J connectivity index is 3.07. The van der Waals surface area contributed by atoms with Crippen LogP contribution in [-0.2, 0) is 7.05 Å². The average Bonchev–Trinajstić information content (AvgIpc) is 2.19. The van der Waals surface area contributed by atoms with Crippen molar-refractivity contribution in [2.75, 3.05) is 0 Å². The molecule has 78 valence electrons. The summed E-state index contributed by atoms with van der Waals surface area (Å²) in [6.07, 6.45) is 0. The average molecular weight is 290 g/mol. The fraction of sp³-hybridized carbons (Fsp3) is 0.111. The van der Waals surface area contributed by atoms with Gasteiger partial charge in [0.1, 0.15) is 0 Å². The summed E-state index contributed by atoms with van der Waals surface area (Å²) in [5.41, 5.74) is -0.353. The Kier molecular flexibility index (Phi) is 2.44. The summed E-state index contributed by atoms with van der Waals surface area (Å²) in [5.74, 6) is 0. The lowest BCUT2D eigenvalue weighted by molar-refractivity contribution is 0.794. The van der Waals surface area contributed by atoms with Crippen molar-refractivity contribution in [2.24, 2.45) is 7.05 Å². The Labute approximate surface area is 97.6 Å². The standard InChI is InChI=1S/C9H6BrClN2O2/c1-13-8(14)4-2-5(10)6(11)3-7(4)12-9(13)15/h2-3H,1H3,(H,12,15). The van der Waals surface area contributed by atoms with E-state index in [0.717, 1.165) is 4.57 Å². The minimum Gasteiger partial charge on any atom is -0.307 e. The van der Waals surface area contributed by atoms with Crippen molar-refractivity contribution in [1.29, 1.82) is 0 Å². The van der Waals surface area contributed by atoms with Gasteiger partial charge < -0.3 is 4.98 Å². The highest BCUT2D eigenvalue weighted by atomic mass is 79.9. The van der Waals surface area contributed by atoms with Gasteiger partial charge in [0.15, 0.2) is 0 Å². The van der Waals surface area contributed by atoms with Crippen molar-refractivity contribution in [2.45, 2.75) is 0 Å². The molecule has 6 heteroatoms. The van der Waals surface area contributed by atoms with Gasteiger partial charge in [-0.2, -0.15) is 0 Å². The molecule has 1 heterocycles. The fourth-order valence-electron chi connectivity index (χ4n) is 1.30. The minimum absolute atomic E-state index is 0.342. The number of halogens is 2. The van der Waals surface area contributed by atoms with Gasteiger partial charge in [-0.05, 0) is 28.1 Å². The van der Waals surface area contributed by atoms with Crippen molar-refractivity contribution < 1.29 is 0 Å². The molecule has 0 aliphatic rings. The van der Waals surface area contributed by atoms with Crippen LogP contribution in [0.4, 0.5) is 0 Å². The van der Waals surface area contributed by atoms with Gasteiger partial charge in [-0.15, -0.1) is 0 Å². The maximum absolute atomic E-state index is 11.7. The molecule has 1 aromatic heterocycles. The predicted molar refractivity (Wildman–Crippen MR) is 62.5 cm³/mol. The lowest BCUT2D eigenvalue weighted by atomic mass is 10.2. The summed E-state index contributed by atoms with van der Waals surface area (Å²) in [5, 5.41) is 0.875. The molecule has 15 heavy (non-hydrogen) atoms. The molecule has 0 aliphatic carbocycles. The molecule has 0 unspecified atom stereocenters. The van der Waals surface area contributed by atoms with Gasteiger partial charge in [-0.3, -0.25) is 9.36 Å². The van der Waals surface area contributed by atoms with Crippen molar-refractivity contribution in [3.63, 3.8) is 0 Å². The number of rotatable bonds is 0. The Morgan fingerprint density at radius 1 is 1.40 bits per heavy atom. The number of H-pyrrole nitrogens is 1. The van der Waals surface area contributed by atoms with Crippen molar-refractivity contribution in [1.82, 2.24) is 9.55 Å². The lowest BCUT2D eigenvalue weighted by Crippen LogP contribution is -2.32. The number of hydrogen-bond acceptors (Lipinski definition) is 2. The van der Waals surface area contributed by atoms with E-state index in [-0.39, 0.29) is 5.56 Å². The van der Waals surface area contributed by atoms with E-state index >= 15 is 0 Å². The number of hydrogen-bond donors (Lipinski definition) is 1. The first-order chi connectivity index (χ1) is 7.00. The predicted octanol–water partition coefficient (Wildman–Crippen LogP) is 1.64. The third kappa shape index (κ3) is 1.61. The molecule has 1 aromatic carbocycles. The molecule has 0 saturated carbocycles. The van der Waals surface area contributed by atoms with Gasteiger partial charge in [0.25, 0.3) is 5.56 Å². The topological polar surface area (TPSA) is 54.9 Å². The van der Waals surface area contributed by atoms with Crippen LogP contribution in [0.1, 0.15) is 0 Å². The largest absolute Gasteiger partial charge is 0.328 e. The normalized spacial score (nSPS) is 10.9. The molecule has 2 aromatic rings. The van der Waals surface area contributed by atoms with Crippen LogP contribution in [0.15, 0.2) is 26.2 Å². The van der Waals surface area contributed by atoms with E-state index < -0.39 is 5.69 Å². The van der Waals surface area contributed by atoms with E-state index in [0.29, 0.717) is 20.4 Å². The summed E-state index contributed by atoms with van der Waals surface area (Å²) in [4.78, 5) is 25.6. The molecule has 4 nitrogen and oxygen atoms in total. The van der Waals surface area contributed by atoms with Gasteiger partial charge in [0, 0.05) is 11.5 Å². The first-order valence-corrected chi connectivity index (χ1v) is 5.26. The molecule has 1 N–H and O–H groups in total. The Morgan fingerprint density at radius 3 is 2.73 bits per heavy atom. The Morgan fingerprint density at radius 2 is 2.07 bits per heavy atom. The summed E-state index contributed by atoms with van der Waals surface area (Å²) in [6.45, 7) is 0. The number of aromatic amines is 1. The van der Waals surface area contributed by atoms with Crippen molar-refractivity contribution in [3.8, 4) is 0 Å². The first kappa shape index (κ1) is 10.4. The molecule has 0 amide bonds. The number of fused-ring (bicyclic) bond motifs is 1. The third-order valence-electron chi connectivity index (χ3n) is 2.14. The van der Waals surface area contributed by atoms with Crippen LogP contribution in [0.25, 0.3) is 10.9 Å². The molecule has 0 aliphatic heterocycles.